The van der Waals surface area contributed by atoms with Crippen LogP contribution in [-0.4, -0.2) is 75.7 Å². The summed E-state index contributed by atoms with van der Waals surface area (Å²) >= 11 is 0. The van der Waals surface area contributed by atoms with Crippen molar-refractivity contribution in [3.05, 3.63) is 35.1 Å². The van der Waals surface area contributed by atoms with Crippen molar-refractivity contribution in [1.82, 2.24) is 4.90 Å². The number of benzene rings is 1. The SMILES string of the molecule is CC(C)OC(=O)[C@@H](O)CC(=O)OC1=CC[C@@]2(O)[C@H]3Cc4ccc(O)c5c4C2(CCN3C)C1O5. The summed E-state index contributed by atoms with van der Waals surface area (Å²) in [5.74, 6) is -1.17. The first-order valence-corrected chi connectivity index (χ1v) is 11.3. The predicted molar refractivity (Wildman–Crippen MR) is 115 cm³/mol. The average molecular weight is 459 g/mol. The molecule has 3 N–H and O–H groups in total. The van der Waals surface area contributed by atoms with Crippen LogP contribution in [0.2, 0.25) is 0 Å². The number of likely N-dealkylation sites (N-methyl/N-ethyl adjacent to an activating group) is 1. The number of aliphatic hydroxyl groups is 2. The van der Waals surface area contributed by atoms with Gasteiger partial charge in [0.15, 0.2) is 23.7 Å². The molecule has 0 aromatic heterocycles. The third-order valence-electron chi connectivity index (χ3n) is 7.57. The number of carbonyl (C=O) groups is 2. The number of ether oxygens (including phenoxy) is 3. The first-order valence-electron chi connectivity index (χ1n) is 11.3. The lowest BCUT2D eigenvalue weighted by atomic mass is 9.50. The Hall–Kier alpha value is -2.62. The van der Waals surface area contributed by atoms with Crippen LogP contribution in [0.1, 0.15) is 44.2 Å². The van der Waals surface area contributed by atoms with Crippen LogP contribution in [-0.2, 0) is 30.9 Å². The van der Waals surface area contributed by atoms with Gasteiger partial charge in [0, 0.05) is 18.0 Å². The van der Waals surface area contributed by atoms with E-state index in [0.29, 0.717) is 25.1 Å². The summed E-state index contributed by atoms with van der Waals surface area (Å²) < 4.78 is 16.7. The molecule has 1 aromatic carbocycles. The molecule has 5 atom stereocenters. The Bertz CT molecular complexity index is 1050. The third-order valence-corrected chi connectivity index (χ3v) is 7.57. The van der Waals surface area contributed by atoms with Crippen molar-refractivity contribution >= 4 is 11.9 Å². The number of carbonyl (C=O) groups excluding carboxylic acids is 2. The Morgan fingerprint density at radius 1 is 1.33 bits per heavy atom. The molecule has 1 aromatic rings. The standard InChI is InChI=1S/C24H29NO8/c1-12(2)31-22(29)15(27)11-18(28)32-16-6-7-24(30)17-10-13-4-5-14(26)20-19(13)23(24,21(16)33-20)8-9-25(17)3/h4-6,12,15,17,21,26-27,30H,7-11H2,1-3H3/t15-,17+,21?,23?,24+/m0/s1. The van der Waals surface area contributed by atoms with Crippen LogP contribution in [0.15, 0.2) is 24.0 Å². The summed E-state index contributed by atoms with van der Waals surface area (Å²) in [6.07, 6.45) is -0.351. The molecule has 2 aliphatic heterocycles. The van der Waals surface area contributed by atoms with Gasteiger partial charge in [-0.25, -0.2) is 4.79 Å². The Labute approximate surface area is 191 Å². The second-order valence-electron chi connectivity index (χ2n) is 9.78. The van der Waals surface area contributed by atoms with Gasteiger partial charge in [0.25, 0.3) is 0 Å². The fourth-order valence-electron chi connectivity index (χ4n) is 6.16. The highest BCUT2D eigenvalue weighted by atomic mass is 16.6. The van der Waals surface area contributed by atoms with E-state index in [2.05, 4.69) is 4.90 Å². The van der Waals surface area contributed by atoms with E-state index in [1.807, 2.05) is 13.1 Å². The highest BCUT2D eigenvalue weighted by Gasteiger charge is 2.72. The average Bonchev–Trinajstić information content (AvgIpc) is 3.10. The molecule has 0 amide bonds. The van der Waals surface area contributed by atoms with Gasteiger partial charge in [-0.1, -0.05) is 6.07 Å². The van der Waals surface area contributed by atoms with E-state index in [9.17, 15) is 24.9 Å². The number of nitrogens with zero attached hydrogens (tertiary/aromatic N) is 1. The second-order valence-corrected chi connectivity index (χ2v) is 9.78. The van der Waals surface area contributed by atoms with Crippen molar-refractivity contribution in [2.45, 2.75) is 74.9 Å². The number of esters is 2. The summed E-state index contributed by atoms with van der Waals surface area (Å²) in [5, 5.41) is 32.6. The van der Waals surface area contributed by atoms with Gasteiger partial charge in [0.05, 0.1) is 23.5 Å². The zero-order chi connectivity index (χ0) is 23.7. The zero-order valence-corrected chi connectivity index (χ0v) is 18.9. The van der Waals surface area contributed by atoms with Crippen LogP contribution in [0.3, 0.4) is 0 Å². The van der Waals surface area contributed by atoms with Crippen molar-refractivity contribution in [2.24, 2.45) is 0 Å². The molecule has 1 saturated heterocycles. The monoisotopic (exact) mass is 459 g/mol. The smallest absolute Gasteiger partial charge is 0.335 e. The minimum atomic E-state index is -1.64. The lowest BCUT2D eigenvalue weighted by Gasteiger charge is -2.61. The normalized spacial score (nSPS) is 32.5. The van der Waals surface area contributed by atoms with Crippen LogP contribution < -0.4 is 4.74 Å². The van der Waals surface area contributed by atoms with Crippen LogP contribution >= 0.6 is 0 Å². The lowest BCUT2D eigenvalue weighted by molar-refractivity contribution is -0.171. The van der Waals surface area contributed by atoms with Gasteiger partial charge in [0.1, 0.15) is 5.76 Å². The number of likely N-dealkylation sites (tertiary alicyclic amines) is 1. The topological polar surface area (TPSA) is 126 Å². The van der Waals surface area contributed by atoms with E-state index in [1.54, 1.807) is 26.0 Å². The number of phenols is 1. The van der Waals surface area contributed by atoms with E-state index in [0.717, 1.165) is 11.1 Å². The molecule has 178 valence electrons. The molecule has 9 heteroatoms. The number of aromatic hydroxyl groups is 1. The third kappa shape index (κ3) is 3.02. The molecule has 2 heterocycles. The predicted octanol–water partition coefficient (Wildman–Crippen LogP) is 0.916. The van der Waals surface area contributed by atoms with Crippen molar-refractivity contribution in [3.63, 3.8) is 0 Å². The van der Waals surface area contributed by atoms with Gasteiger partial charge in [-0.3, -0.25) is 4.79 Å². The molecular weight excluding hydrogens is 430 g/mol. The lowest BCUT2D eigenvalue weighted by Crippen LogP contribution is -2.74. The molecule has 2 aliphatic carbocycles. The summed E-state index contributed by atoms with van der Waals surface area (Å²) in [4.78, 5) is 26.6. The fourth-order valence-corrected chi connectivity index (χ4v) is 6.16. The molecule has 33 heavy (non-hydrogen) atoms. The Morgan fingerprint density at radius 3 is 2.82 bits per heavy atom. The van der Waals surface area contributed by atoms with Gasteiger partial charge in [-0.05, 0) is 58.0 Å². The van der Waals surface area contributed by atoms with Crippen molar-refractivity contribution in [3.8, 4) is 11.5 Å². The summed E-state index contributed by atoms with van der Waals surface area (Å²) in [5.41, 5.74) is -0.231. The van der Waals surface area contributed by atoms with Gasteiger partial charge in [0.2, 0.25) is 0 Å². The van der Waals surface area contributed by atoms with Crippen LogP contribution in [0.5, 0.6) is 11.5 Å². The number of aliphatic hydroxyl groups excluding tert-OH is 1. The molecule has 9 nitrogen and oxygen atoms in total. The molecule has 0 radical (unpaired) electrons. The maximum Gasteiger partial charge on any atom is 0.335 e. The van der Waals surface area contributed by atoms with Gasteiger partial charge < -0.3 is 34.4 Å². The minimum absolute atomic E-state index is 0.0187. The van der Waals surface area contributed by atoms with E-state index >= 15 is 0 Å². The number of hydrogen-bond donors (Lipinski definition) is 3. The fraction of sp³-hybridized carbons (Fsp3) is 0.583. The molecule has 1 fully saturated rings. The van der Waals surface area contributed by atoms with E-state index < -0.39 is 47.7 Å². The first kappa shape index (κ1) is 22.2. The van der Waals surface area contributed by atoms with Gasteiger partial charge >= 0.3 is 11.9 Å². The van der Waals surface area contributed by atoms with Crippen LogP contribution in [0.25, 0.3) is 0 Å². The van der Waals surface area contributed by atoms with E-state index in [1.165, 1.54) is 0 Å². The maximum atomic E-state index is 12.6. The quantitative estimate of drug-likeness (QED) is 0.551. The maximum absolute atomic E-state index is 12.6. The molecule has 2 bridgehead atoms. The van der Waals surface area contributed by atoms with Crippen LogP contribution in [0, 0.1) is 0 Å². The molecular formula is C24H29NO8. The van der Waals surface area contributed by atoms with Crippen molar-refractivity contribution in [1.29, 1.82) is 0 Å². The second kappa shape index (κ2) is 7.44. The summed E-state index contributed by atoms with van der Waals surface area (Å²) in [6.45, 7) is 4.00. The molecule has 4 aliphatic rings. The van der Waals surface area contributed by atoms with E-state index in [-0.39, 0.29) is 24.0 Å². The minimum Gasteiger partial charge on any atom is -0.504 e. The number of hydrogen-bond acceptors (Lipinski definition) is 9. The Morgan fingerprint density at radius 2 is 2.09 bits per heavy atom. The van der Waals surface area contributed by atoms with E-state index in [4.69, 9.17) is 14.2 Å². The number of phenolic OH excluding ortho intramolecular Hbond substituents is 1. The summed E-state index contributed by atoms with van der Waals surface area (Å²) in [7, 11) is 1.99. The molecule has 1 spiro atoms. The largest absolute Gasteiger partial charge is 0.504 e. The number of rotatable bonds is 5. The highest BCUT2D eigenvalue weighted by molar-refractivity contribution is 5.82. The zero-order valence-electron chi connectivity index (χ0n) is 18.9. The summed E-state index contributed by atoms with van der Waals surface area (Å²) in [6, 6.07) is 3.31. The number of piperidine rings is 1. The Kier molecular flexibility index (Phi) is 5.00. The highest BCUT2D eigenvalue weighted by Crippen LogP contribution is 2.65. The molecule has 0 saturated carbocycles. The van der Waals surface area contributed by atoms with Crippen LogP contribution in [0.4, 0.5) is 0 Å². The molecule has 5 rings (SSSR count). The Balaban J connectivity index is 1.47. The van der Waals surface area contributed by atoms with Crippen molar-refractivity contribution in [2.75, 3.05) is 13.6 Å². The first-order chi connectivity index (χ1) is 15.6. The van der Waals surface area contributed by atoms with Crippen molar-refractivity contribution < 1.29 is 39.1 Å². The van der Waals surface area contributed by atoms with Gasteiger partial charge in [-0.15, -0.1) is 0 Å². The molecule has 2 unspecified atom stereocenters. The van der Waals surface area contributed by atoms with Gasteiger partial charge in [-0.2, -0.15) is 0 Å².